The largest absolute Gasteiger partial charge is 0.477 e. The SMILES string of the molecule is Cc1noc(C)c1CC(=O)N1CC(S(=O)(=O)N2CCC(c3cnc4c(c3)CCO4)CC2)C1. The highest BCUT2D eigenvalue weighted by atomic mass is 32.2. The van der Waals surface area contributed by atoms with Gasteiger partial charge in [0.1, 0.15) is 11.0 Å². The van der Waals surface area contributed by atoms with Crippen molar-refractivity contribution in [2.45, 2.75) is 50.7 Å². The number of carbonyl (C=O) groups excluding carboxylic acids is 1. The molecule has 2 aromatic rings. The number of nitrogens with zero attached hydrogens (tertiary/aromatic N) is 4. The summed E-state index contributed by atoms with van der Waals surface area (Å²) < 4.78 is 38.4. The Morgan fingerprint density at radius 1 is 1.22 bits per heavy atom. The van der Waals surface area contributed by atoms with Gasteiger partial charge >= 0.3 is 0 Å². The van der Waals surface area contributed by atoms with E-state index in [0.717, 1.165) is 36.3 Å². The Labute approximate surface area is 187 Å². The molecule has 3 aliphatic heterocycles. The lowest BCUT2D eigenvalue weighted by molar-refractivity contribution is -0.133. The zero-order valence-electron chi connectivity index (χ0n) is 18.4. The van der Waals surface area contributed by atoms with Crippen LogP contribution in [0.2, 0.25) is 0 Å². The Kier molecular flexibility index (Phi) is 5.45. The van der Waals surface area contributed by atoms with Gasteiger partial charge in [0, 0.05) is 49.9 Å². The van der Waals surface area contributed by atoms with Crippen molar-refractivity contribution in [3.8, 4) is 5.88 Å². The Morgan fingerprint density at radius 2 is 1.97 bits per heavy atom. The molecular weight excluding hydrogens is 432 g/mol. The fourth-order valence-corrected chi connectivity index (χ4v) is 6.69. The van der Waals surface area contributed by atoms with Crippen LogP contribution < -0.4 is 4.74 Å². The number of hydrogen-bond donors (Lipinski definition) is 0. The summed E-state index contributed by atoms with van der Waals surface area (Å²) in [6.07, 6.45) is 4.51. The second kappa shape index (κ2) is 8.15. The van der Waals surface area contributed by atoms with Gasteiger partial charge in [0.25, 0.3) is 0 Å². The molecule has 5 rings (SSSR count). The standard InChI is InChI=1S/C22H28N4O5S/c1-14-20(15(2)31-24-14)10-21(27)25-12-19(13-25)32(28,29)26-6-3-16(4-7-26)18-9-17-5-8-30-22(17)23-11-18/h9,11,16,19H,3-8,10,12-13H2,1-2H3. The number of ether oxygens (including phenoxy) is 1. The smallest absolute Gasteiger partial charge is 0.227 e. The van der Waals surface area contributed by atoms with Crippen LogP contribution >= 0.6 is 0 Å². The van der Waals surface area contributed by atoms with Gasteiger partial charge in [0.05, 0.1) is 18.7 Å². The lowest BCUT2D eigenvalue weighted by atomic mass is 9.90. The lowest BCUT2D eigenvalue weighted by Crippen LogP contribution is -2.60. The second-order valence-corrected chi connectivity index (χ2v) is 11.2. The normalized spacial score (nSPS) is 20.1. The van der Waals surface area contributed by atoms with E-state index in [-0.39, 0.29) is 25.4 Å². The van der Waals surface area contributed by atoms with Crippen LogP contribution in [0.5, 0.6) is 5.88 Å². The van der Waals surface area contributed by atoms with Gasteiger partial charge in [-0.2, -0.15) is 0 Å². The number of piperidine rings is 1. The van der Waals surface area contributed by atoms with Crippen LogP contribution in [0.3, 0.4) is 0 Å². The van der Waals surface area contributed by atoms with Gasteiger partial charge in [0.15, 0.2) is 0 Å². The molecule has 32 heavy (non-hydrogen) atoms. The zero-order valence-corrected chi connectivity index (χ0v) is 19.2. The monoisotopic (exact) mass is 460 g/mol. The summed E-state index contributed by atoms with van der Waals surface area (Å²) in [6.45, 7) is 5.77. The van der Waals surface area contributed by atoms with Crippen molar-refractivity contribution in [3.63, 3.8) is 0 Å². The highest BCUT2D eigenvalue weighted by Gasteiger charge is 2.43. The molecule has 1 amide bonds. The number of sulfonamides is 1. The first-order valence-corrected chi connectivity index (χ1v) is 12.6. The third kappa shape index (κ3) is 3.79. The minimum absolute atomic E-state index is 0.0855. The Hall–Kier alpha value is -2.46. The Morgan fingerprint density at radius 3 is 2.66 bits per heavy atom. The molecular formula is C22H28N4O5S. The van der Waals surface area contributed by atoms with E-state index in [1.807, 2.05) is 6.20 Å². The van der Waals surface area contributed by atoms with E-state index >= 15 is 0 Å². The van der Waals surface area contributed by atoms with Crippen molar-refractivity contribution in [2.24, 2.45) is 0 Å². The van der Waals surface area contributed by atoms with Crippen molar-refractivity contribution in [2.75, 3.05) is 32.8 Å². The first-order chi connectivity index (χ1) is 15.3. The third-order valence-electron chi connectivity index (χ3n) is 6.97. The van der Waals surface area contributed by atoms with Crippen LogP contribution in [0.15, 0.2) is 16.8 Å². The topological polar surface area (TPSA) is 106 Å². The number of aromatic nitrogens is 2. The summed E-state index contributed by atoms with van der Waals surface area (Å²) in [6, 6.07) is 2.17. The zero-order chi connectivity index (χ0) is 22.5. The van der Waals surface area contributed by atoms with Gasteiger partial charge in [-0.05, 0) is 44.2 Å². The lowest BCUT2D eigenvalue weighted by Gasteiger charge is -2.42. The van der Waals surface area contributed by atoms with E-state index in [0.29, 0.717) is 37.1 Å². The predicted molar refractivity (Wildman–Crippen MR) is 116 cm³/mol. The molecule has 0 saturated carbocycles. The summed E-state index contributed by atoms with van der Waals surface area (Å²) >= 11 is 0. The van der Waals surface area contributed by atoms with Crippen molar-refractivity contribution < 1.29 is 22.5 Å². The number of hydrogen-bond acceptors (Lipinski definition) is 7. The molecule has 2 aromatic heterocycles. The molecule has 0 N–H and O–H groups in total. The first-order valence-electron chi connectivity index (χ1n) is 11.1. The molecule has 0 aromatic carbocycles. The van der Waals surface area contributed by atoms with E-state index in [1.165, 1.54) is 5.56 Å². The molecule has 0 spiro atoms. The molecule has 0 radical (unpaired) electrons. The van der Waals surface area contributed by atoms with E-state index < -0.39 is 15.3 Å². The van der Waals surface area contributed by atoms with Gasteiger partial charge < -0.3 is 14.2 Å². The summed E-state index contributed by atoms with van der Waals surface area (Å²) in [5.74, 6) is 1.59. The number of amides is 1. The van der Waals surface area contributed by atoms with Crippen molar-refractivity contribution in [1.29, 1.82) is 0 Å². The second-order valence-electron chi connectivity index (χ2n) is 8.95. The van der Waals surface area contributed by atoms with Gasteiger partial charge in [0.2, 0.25) is 21.8 Å². The molecule has 5 heterocycles. The first kappa shape index (κ1) is 21.4. The maximum Gasteiger partial charge on any atom is 0.227 e. The van der Waals surface area contributed by atoms with Crippen LogP contribution in [-0.2, 0) is 27.7 Å². The molecule has 10 heteroatoms. The average Bonchev–Trinajstić information content (AvgIpc) is 3.34. The number of aryl methyl sites for hydroxylation is 2. The maximum absolute atomic E-state index is 13.1. The summed E-state index contributed by atoms with van der Waals surface area (Å²) in [4.78, 5) is 18.6. The molecule has 0 atom stereocenters. The molecule has 3 aliphatic rings. The highest BCUT2D eigenvalue weighted by Crippen LogP contribution is 2.33. The van der Waals surface area contributed by atoms with Gasteiger partial charge in [-0.1, -0.05) is 5.16 Å². The van der Waals surface area contributed by atoms with Crippen molar-refractivity contribution in [1.82, 2.24) is 19.3 Å². The minimum atomic E-state index is -3.41. The molecule has 9 nitrogen and oxygen atoms in total. The molecule has 0 bridgehead atoms. The van der Waals surface area contributed by atoms with E-state index in [9.17, 15) is 13.2 Å². The fourth-order valence-electron chi connectivity index (χ4n) is 4.81. The maximum atomic E-state index is 13.1. The van der Waals surface area contributed by atoms with Crippen LogP contribution in [0.4, 0.5) is 0 Å². The van der Waals surface area contributed by atoms with Crippen molar-refractivity contribution in [3.05, 3.63) is 40.4 Å². The quantitative estimate of drug-likeness (QED) is 0.667. The molecule has 2 fully saturated rings. The van der Waals surface area contributed by atoms with Crippen molar-refractivity contribution >= 4 is 15.9 Å². The minimum Gasteiger partial charge on any atom is -0.477 e. The number of rotatable bonds is 5. The predicted octanol–water partition coefficient (Wildman–Crippen LogP) is 1.58. The van der Waals surface area contributed by atoms with Crippen LogP contribution in [0.1, 0.15) is 46.9 Å². The molecule has 2 saturated heterocycles. The molecule has 0 unspecified atom stereocenters. The molecule has 172 valence electrons. The van der Waals surface area contributed by atoms with Gasteiger partial charge in [-0.3, -0.25) is 4.79 Å². The van der Waals surface area contributed by atoms with Crippen LogP contribution in [-0.4, -0.2) is 71.7 Å². The van der Waals surface area contributed by atoms with E-state index in [4.69, 9.17) is 9.26 Å². The third-order valence-corrected chi connectivity index (χ3v) is 9.20. The summed E-state index contributed by atoms with van der Waals surface area (Å²) in [5.41, 5.74) is 3.81. The average molecular weight is 461 g/mol. The van der Waals surface area contributed by atoms with E-state index in [1.54, 1.807) is 23.1 Å². The van der Waals surface area contributed by atoms with Gasteiger partial charge in [-0.25, -0.2) is 17.7 Å². The van der Waals surface area contributed by atoms with Crippen LogP contribution in [0.25, 0.3) is 0 Å². The highest BCUT2D eigenvalue weighted by molar-refractivity contribution is 7.89. The number of carbonyl (C=O) groups is 1. The summed E-state index contributed by atoms with van der Waals surface area (Å²) in [7, 11) is -3.41. The van der Waals surface area contributed by atoms with E-state index in [2.05, 4.69) is 16.2 Å². The Bertz CT molecular complexity index is 1110. The number of fused-ring (bicyclic) bond motifs is 1. The Balaban J connectivity index is 1.15. The van der Waals surface area contributed by atoms with Gasteiger partial charge in [-0.15, -0.1) is 0 Å². The van der Waals surface area contributed by atoms with Crippen LogP contribution in [0, 0.1) is 13.8 Å². The fraction of sp³-hybridized carbons (Fsp3) is 0.591. The molecule has 0 aliphatic carbocycles. The number of likely N-dealkylation sites (tertiary alicyclic amines) is 1. The number of pyridine rings is 1. The summed E-state index contributed by atoms with van der Waals surface area (Å²) in [5, 5.41) is 3.35.